The van der Waals surface area contributed by atoms with Crippen LogP contribution in [0.2, 0.25) is 0 Å². The lowest BCUT2D eigenvalue weighted by atomic mass is 10.1. The summed E-state index contributed by atoms with van der Waals surface area (Å²) in [7, 11) is 1.80. The number of rotatable bonds is 4. The highest BCUT2D eigenvalue weighted by atomic mass is 19.1. The maximum atomic E-state index is 14.1. The minimum absolute atomic E-state index is 0.115. The summed E-state index contributed by atoms with van der Waals surface area (Å²) in [5, 5.41) is 3.05. The Morgan fingerprint density at radius 1 is 1.05 bits per heavy atom. The highest BCUT2D eigenvalue weighted by Crippen LogP contribution is 2.33. The third-order valence-electron chi connectivity index (χ3n) is 3.65. The summed E-state index contributed by atoms with van der Waals surface area (Å²) in [6.07, 6.45) is 0. The van der Waals surface area contributed by atoms with E-state index in [1.165, 1.54) is 6.07 Å². The van der Waals surface area contributed by atoms with E-state index in [0.717, 1.165) is 16.9 Å². The number of benzene rings is 2. The monoisotopic (exact) mass is 273 g/mol. The van der Waals surface area contributed by atoms with Gasteiger partial charge in [-0.05, 0) is 57.1 Å². The van der Waals surface area contributed by atoms with Crippen molar-refractivity contribution in [2.45, 2.75) is 26.8 Å². The maximum absolute atomic E-state index is 14.1. The van der Waals surface area contributed by atoms with Gasteiger partial charge in [0, 0.05) is 11.6 Å². The van der Waals surface area contributed by atoms with Crippen LogP contribution in [-0.2, 0) is 0 Å². The van der Waals surface area contributed by atoms with Crippen molar-refractivity contribution >= 4 is 0 Å². The number of hydrogen-bond acceptors (Lipinski definition) is 2. The molecule has 0 heterocycles. The fraction of sp³-hybridized carbons (Fsp3) is 0.294. The molecule has 2 rings (SSSR count). The van der Waals surface area contributed by atoms with Gasteiger partial charge in [0.2, 0.25) is 0 Å². The molecule has 1 unspecified atom stereocenters. The Kier molecular flexibility index (Phi) is 4.40. The largest absolute Gasteiger partial charge is 0.457 e. The Morgan fingerprint density at radius 2 is 1.70 bits per heavy atom. The van der Waals surface area contributed by atoms with Crippen molar-refractivity contribution in [3.63, 3.8) is 0 Å². The number of nitrogens with one attached hydrogen (secondary N) is 1. The van der Waals surface area contributed by atoms with Gasteiger partial charge < -0.3 is 10.1 Å². The van der Waals surface area contributed by atoms with Crippen LogP contribution in [0.4, 0.5) is 4.39 Å². The molecular weight excluding hydrogens is 253 g/mol. The fourth-order valence-electron chi connectivity index (χ4n) is 2.12. The Bertz CT molecular complexity index is 610. The molecule has 0 bridgehead atoms. The molecular formula is C17H20FNO. The lowest BCUT2D eigenvalue weighted by Crippen LogP contribution is -2.15. The van der Waals surface area contributed by atoms with E-state index in [2.05, 4.69) is 5.32 Å². The van der Waals surface area contributed by atoms with Crippen LogP contribution in [0.15, 0.2) is 36.4 Å². The van der Waals surface area contributed by atoms with E-state index in [0.29, 0.717) is 11.3 Å². The third kappa shape index (κ3) is 2.83. The Hall–Kier alpha value is -1.87. The molecule has 0 saturated heterocycles. The molecule has 0 aliphatic rings. The summed E-state index contributed by atoms with van der Waals surface area (Å²) in [6, 6.07) is 10.7. The van der Waals surface area contributed by atoms with E-state index in [1.807, 2.05) is 39.0 Å². The van der Waals surface area contributed by atoms with Crippen LogP contribution in [0.1, 0.15) is 29.7 Å². The molecule has 0 aromatic heterocycles. The molecule has 1 atom stereocenters. The smallest absolute Gasteiger partial charge is 0.135 e. The van der Waals surface area contributed by atoms with Gasteiger partial charge in [0.25, 0.3) is 0 Å². The standard InChI is InChI=1S/C17H20FNO/c1-11-7-5-9-15(12(11)2)20-16-10-6-8-14(18)17(16)13(3)19-4/h5-10,13,19H,1-4H3. The Morgan fingerprint density at radius 3 is 2.40 bits per heavy atom. The first-order chi connectivity index (χ1) is 9.54. The SMILES string of the molecule is CNC(C)c1c(F)cccc1Oc1cccc(C)c1C. The molecule has 0 fully saturated rings. The topological polar surface area (TPSA) is 21.3 Å². The van der Waals surface area contributed by atoms with Gasteiger partial charge in [-0.2, -0.15) is 0 Å². The second-order valence-corrected chi connectivity index (χ2v) is 4.96. The second kappa shape index (κ2) is 6.06. The minimum atomic E-state index is -0.255. The number of aryl methyl sites for hydroxylation is 1. The molecule has 3 heteroatoms. The van der Waals surface area contributed by atoms with Crippen molar-refractivity contribution < 1.29 is 9.13 Å². The highest BCUT2D eigenvalue weighted by Gasteiger charge is 2.16. The van der Waals surface area contributed by atoms with Crippen LogP contribution >= 0.6 is 0 Å². The second-order valence-electron chi connectivity index (χ2n) is 4.96. The lowest BCUT2D eigenvalue weighted by molar-refractivity contribution is 0.449. The van der Waals surface area contributed by atoms with Crippen LogP contribution in [0.25, 0.3) is 0 Å². The van der Waals surface area contributed by atoms with Crippen molar-refractivity contribution in [2.24, 2.45) is 0 Å². The molecule has 0 aliphatic carbocycles. The molecule has 20 heavy (non-hydrogen) atoms. The molecule has 0 aliphatic heterocycles. The first kappa shape index (κ1) is 14.5. The van der Waals surface area contributed by atoms with Gasteiger partial charge in [0.05, 0.1) is 0 Å². The zero-order chi connectivity index (χ0) is 14.7. The van der Waals surface area contributed by atoms with E-state index >= 15 is 0 Å². The molecule has 106 valence electrons. The van der Waals surface area contributed by atoms with Crippen molar-refractivity contribution in [3.05, 3.63) is 58.9 Å². The molecule has 0 amide bonds. The van der Waals surface area contributed by atoms with Crippen molar-refractivity contribution in [3.8, 4) is 11.5 Å². The predicted octanol–water partition coefficient (Wildman–Crippen LogP) is 4.52. The zero-order valence-electron chi connectivity index (χ0n) is 12.3. The first-order valence-electron chi connectivity index (χ1n) is 6.74. The normalized spacial score (nSPS) is 12.2. The van der Waals surface area contributed by atoms with Gasteiger partial charge in [-0.1, -0.05) is 18.2 Å². The summed E-state index contributed by atoms with van der Waals surface area (Å²) in [6.45, 7) is 5.95. The van der Waals surface area contributed by atoms with E-state index in [1.54, 1.807) is 19.2 Å². The fourth-order valence-corrected chi connectivity index (χ4v) is 2.12. The average molecular weight is 273 g/mol. The molecule has 0 saturated carbocycles. The van der Waals surface area contributed by atoms with Crippen LogP contribution in [0.3, 0.4) is 0 Å². The molecule has 2 aromatic rings. The summed E-state index contributed by atoms with van der Waals surface area (Å²) in [5.74, 6) is 1.07. The molecule has 1 N–H and O–H groups in total. The van der Waals surface area contributed by atoms with Gasteiger partial charge in [-0.25, -0.2) is 4.39 Å². The molecule has 0 radical (unpaired) electrons. The van der Waals surface area contributed by atoms with E-state index < -0.39 is 0 Å². The van der Waals surface area contributed by atoms with Gasteiger partial charge >= 0.3 is 0 Å². The van der Waals surface area contributed by atoms with Crippen LogP contribution in [-0.4, -0.2) is 7.05 Å². The Balaban J connectivity index is 2.43. The van der Waals surface area contributed by atoms with Crippen molar-refractivity contribution in [2.75, 3.05) is 7.05 Å². The van der Waals surface area contributed by atoms with Gasteiger partial charge in [0.1, 0.15) is 17.3 Å². The summed E-state index contributed by atoms with van der Waals surface area (Å²) >= 11 is 0. The first-order valence-corrected chi connectivity index (χ1v) is 6.74. The van der Waals surface area contributed by atoms with Gasteiger partial charge in [0.15, 0.2) is 0 Å². The predicted molar refractivity (Wildman–Crippen MR) is 79.9 cm³/mol. The van der Waals surface area contributed by atoms with E-state index in [4.69, 9.17) is 4.74 Å². The molecule has 0 spiro atoms. The maximum Gasteiger partial charge on any atom is 0.135 e. The number of hydrogen-bond donors (Lipinski definition) is 1. The van der Waals surface area contributed by atoms with E-state index in [9.17, 15) is 4.39 Å². The third-order valence-corrected chi connectivity index (χ3v) is 3.65. The molecule has 2 aromatic carbocycles. The summed E-state index contributed by atoms with van der Waals surface area (Å²) < 4.78 is 20.0. The zero-order valence-corrected chi connectivity index (χ0v) is 12.3. The quantitative estimate of drug-likeness (QED) is 0.884. The molecule has 2 nitrogen and oxygen atoms in total. The van der Waals surface area contributed by atoms with E-state index in [-0.39, 0.29) is 11.9 Å². The average Bonchev–Trinajstić information content (AvgIpc) is 2.43. The van der Waals surface area contributed by atoms with Crippen LogP contribution < -0.4 is 10.1 Å². The number of halogens is 1. The summed E-state index contributed by atoms with van der Waals surface area (Å²) in [5.41, 5.74) is 2.78. The van der Waals surface area contributed by atoms with Crippen LogP contribution in [0, 0.1) is 19.7 Å². The Labute approximate surface area is 119 Å². The van der Waals surface area contributed by atoms with Gasteiger partial charge in [-0.3, -0.25) is 0 Å². The minimum Gasteiger partial charge on any atom is -0.457 e. The van der Waals surface area contributed by atoms with Gasteiger partial charge in [-0.15, -0.1) is 0 Å². The highest BCUT2D eigenvalue weighted by molar-refractivity contribution is 5.44. The summed E-state index contributed by atoms with van der Waals surface area (Å²) in [4.78, 5) is 0. The van der Waals surface area contributed by atoms with Crippen molar-refractivity contribution in [1.29, 1.82) is 0 Å². The lowest BCUT2D eigenvalue weighted by Gasteiger charge is -2.18. The van der Waals surface area contributed by atoms with Crippen molar-refractivity contribution in [1.82, 2.24) is 5.32 Å². The number of ether oxygens (including phenoxy) is 1. The van der Waals surface area contributed by atoms with Crippen LogP contribution in [0.5, 0.6) is 11.5 Å².